The summed E-state index contributed by atoms with van der Waals surface area (Å²) in [5.41, 5.74) is 1.69. The summed E-state index contributed by atoms with van der Waals surface area (Å²) in [4.78, 5) is 37.4. The Morgan fingerprint density at radius 3 is 2.72 bits per heavy atom. The van der Waals surface area contributed by atoms with Crippen LogP contribution in [0, 0.1) is 0 Å². The van der Waals surface area contributed by atoms with E-state index in [-0.39, 0.29) is 19.6 Å². The van der Waals surface area contributed by atoms with Crippen molar-refractivity contribution in [2.75, 3.05) is 19.8 Å². The molecule has 0 spiro atoms. The van der Waals surface area contributed by atoms with Crippen molar-refractivity contribution in [2.45, 2.75) is 12.5 Å². The highest BCUT2D eigenvalue weighted by Gasteiger charge is 2.23. The number of carboxylic acids is 1. The maximum Gasteiger partial charge on any atom is 0.408 e. The molecule has 5 N–H and O–H groups in total. The fourth-order valence-electron chi connectivity index (χ4n) is 2.34. The largest absolute Gasteiger partial charge is 0.479 e. The number of para-hydroxylation sites is 1. The van der Waals surface area contributed by atoms with Crippen molar-refractivity contribution in [3.05, 3.63) is 36.0 Å². The van der Waals surface area contributed by atoms with Crippen LogP contribution in [-0.2, 0) is 20.7 Å². The molecule has 0 saturated heterocycles. The second-order valence-electron chi connectivity index (χ2n) is 5.25. The van der Waals surface area contributed by atoms with Gasteiger partial charge in [0.25, 0.3) is 0 Å². The second kappa shape index (κ2) is 8.69. The Kier molecular flexibility index (Phi) is 6.35. The van der Waals surface area contributed by atoms with E-state index in [9.17, 15) is 14.4 Å². The topological polar surface area (TPSA) is 141 Å². The average Bonchev–Trinajstić information content (AvgIpc) is 3.00. The molecule has 0 saturated carbocycles. The molecule has 0 fully saturated rings. The molecule has 0 bridgehead atoms. The minimum absolute atomic E-state index is 0.0368. The van der Waals surface area contributed by atoms with Crippen LogP contribution in [-0.4, -0.2) is 59.0 Å². The lowest BCUT2D eigenvalue weighted by molar-refractivity contribution is -0.140. The molecule has 9 nitrogen and oxygen atoms in total. The molecule has 9 heteroatoms. The Morgan fingerprint density at radius 1 is 1.24 bits per heavy atom. The number of benzene rings is 1. The third-order valence-electron chi connectivity index (χ3n) is 3.45. The molecule has 1 atom stereocenters. The lowest BCUT2D eigenvalue weighted by Crippen LogP contribution is -2.49. The predicted molar refractivity (Wildman–Crippen MR) is 88.0 cm³/mol. The van der Waals surface area contributed by atoms with Gasteiger partial charge in [-0.3, -0.25) is 4.79 Å². The summed E-state index contributed by atoms with van der Waals surface area (Å²) in [6, 6.07) is 6.51. The normalized spacial score (nSPS) is 11.7. The van der Waals surface area contributed by atoms with E-state index in [4.69, 9.17) is 10.2 Å². The molecule has 0 aliphatic heterocycles. The monoisotopic (exact) mass is 349 g/mol. The standard InChI is InChI=1S/C16H19N3O6/c20-6-5-17-15(23)13(19-16(24)25-9-14(21)22)7-10-8-18-12-4-2-1-3-11(10)12/h1-4,8,13,18,20H,5-7,9H2,(H,17,23)(H,19,24)(H,21,22)/t13-/m0/s1. The molecule has 134 valence electrons. The van der Waals surface area contributed by atoms with Crippen molar-refractivity contribution in [3.8, 4) is 0 Å². The van der Waals surface area contributed by atoms with Gasteiger partial charge >= 0.3 is 12.1 Å². The molecule has 2 rings (SSSR count). The number of carbonyl (C=O) groups excluding carboxylic acids is 2. The van der Waals surface area contributed by atoms with Gasteiger partial charge < -0.3 is 30.6 Å². The van der Waals surface area contributed by atoms with Gasteiger partial charge in [-0.2, -0.15) is 0 Å². The number of aliphatic carboxylic acids is 1. The van der Waals surface area contributed by atoms with Crippen LogP contribution in [0.4, 0.5) is 4.79 Å². The number of H-pyrrole nitrogens is 1. The van der Waals surface area contributed by atoms with Crippen LogP contribution in [0.1, 0.15) is 5.56 Å². The molecule has 0 radical (unpaired) electrons. The SMILES string of the molecule is O=C(O)COC(=O)N[C@@H](Cc1c[nH]c2ccccc12)C(=O)NCCO. The highest BCUT2D eigenvalue weighted by atomic mass is 16.6. The molecular formula is C16H19N3O6. The first kappa shape index (κ1) is 18.3. The Labute approximate surface area is 143 Å². The van der Waals surface area contributed by atoms with E-state index in [0.717, 1.165) is 16.5 Å². The van der Waals surface area contributed by atoms with Gasteiger partial charge in [-0.15, -0.1) is 0 Å². The number of amides is 2. The van der Waals surface area contributed by atoms with Crippen molar-refractivity contribution >= 4 is 28.9 Å². The number of carbonyl (C=O) groups is 3. The van der Waals surface area contributed by atoms with E-state index in [2.05, 4.69) is 20.4 Å². The summed E-state index contributed by atoms with van der Waals surface area (Å²) in [7, 11) is 0. The Bertz CT molecular complexity index is 757. The average molecular weight is 349 g/mol. The highest BCUT2D eigenvalue weighted by Crippen LogP contribution is 2.19. The van der Waals surface area contributed by atoms with E-state index in [1.807, 2.05) is 24.3 Å². The Hall–Kier alpha value is -3.07. The molecule has 1 aromatic heterocycles. The van der Waals surface area contributed by atoms with Gasteiger partial charge in [0.05, 0.1) is 6.61 Å². The van der Waals surface area contributed by atoms with E-state index >= 15 is 0 Å². The number of aromatic nitrogens is 1. The first-order chi connectivity index (χ1) is 12.0. The zero-order chi connectivity index (χ0) is 18.2. The number of carboxylic acid groups (broad SMARTS) is 1. The maximum atomic E-state index is 12.2. The number of hydrogen-bond acceptors (Lipinski definition) is 5. The molecule has 0 aliphatic rings. The third kappa shape index (κ3) is 5.21. The number of aromatic amines is 1. The maximum absolute atomic E-state index is 12.2. The van der Waals surface area contributed by atoms with Crippen LogP contribution < -0.4 is 10.6 Å². The van der Waals surface area contributed by atoms with Crippen molar-refractivity contribution < 1.29 is 29.3 Å². The van der Waals surface area contributed by atoms with Crippen molar-refractivity contribution in [2.24, 2.45) is 0 Å². The predicted octanol–water partition coefficient (Wildman–Crippen LogP) is -0.00170. The molecule has 0 aliphatic carbocycles. The quantitative estimate of drug-likeness (QED) is 0.454. The van der Waals surface area contributed by atoms with Gasteiger partial charge in [0.1, 0.15) is 6.04 Å². The van der Waals surface area contributed by atoms with Gasteiger partial charge in [-0.25, -0.2) is 9.59 Å². The van der Waals surface area contributed by atoms with Crippen LogP contribution >= 0.6 is 0 Å². The smallest absolute Gasteiger partial charge is 0.408 e. The molecule has 1 aromatic carbocycles. The number of fused-ring (bicyclic) bond motifs is 1. The number of hydrogen-bond donors (Lipinski definition) is 5. The number of aliphatic hydroxyl groups is 1. The van der Waals surface area contributed by atoms with Crippen molar-refractivity contribution in [1.29, 1.82) is 0 Å². The lowest BCUT2D eigenvalue weighted by atomic mass is 10.0. The van der Waals surface area contributed by atoms with E-state index in [1.54, 1.807) is 6.20 Å². The summed E-state index contributed by atoms with van der Waals surface area (Å²) in [6.07, 6.45) is 0.899. The van der Waals surface area contributed by atoms with Crippen molar-refractivity contribution in [3.63, 3.8) is 0 Å². The summed E-state index contributed by atoms with van der Waals surface area (Å²) in [5, 5.41) is 23.1. The number of rotatable bonds is 8. The van der Waals surface area contributed by atoms with Gasteiger partial charge in [-0.1, -0.05) is 18.2 Å². The molecular weight excluding hydrogens is 330 g/mol. The minimum atomic E-state index is -1.30. The van der Waals surface area contributed by atoms with Crippen LogP contribution in [0.25, 0.3) is 10.9 Å². The number of alkyl carbamates (subject to hydrolysis) is 1. The number of aliphatic hydroxyl groups excluding tert-OH is 1. The van der Waals surface area contributed by atoms with E-state index < -0.39 is 30.6 Å². The molecule has 2 aromatic rings. The zero-order valence-electron chi connectivity index (χ0n) is 13.3. The molecule has 0 unspecified atom stereocenters. The number of nitrogens with one attached hydrogen (secondary N) is 3. The molecule has 1 heterocycles. The highest BCUT2D eigenvalue weighted by molar-refractivity contribution is 5.88. The van der Waals surface area contributed by atoms with Crippen LogP contribution in [0.5, 0.6) is 0 Å². The molecule has 25 heavy (non-hydrogen) atoms. The summed E-state index contributed by atoms with van der Waals surface area (Å²) >= 11 is 0. The second-order valence-corrected chi connectivity index (χ2v) is 5.25. The lowest BCUT2D eigenvalue weighted by Gasteiger charge is -2.17. The first-order valence-corrected chi connectivity index (χ1v) is 7.60. The first-order valence-electron chi connectivity index (χ1n) is 7.60. The Morgan fingerprint density at radius 2 is 2.00 bits per heavy atom. The van der Waals surface area contributed by atoms with E-state index in [0.29, 0.717) is 0 Å². The summed E-state index contributed by atoms with van der Waals surface area (Å²) in [6.45, 7) is -1.01. The van der Waals surface area contributed by atoms with Gasteiger partial charge in [0, 0.05) is 30.1 Å². The minimum Gasteiger partial charge on any atom is -0.479 e. The Balaban J connectivity index is 2.11. The molecule has 2 amide bonds. The van der Waals surface area contributed by atoms with Crippen LogP contribution in [0.2, 0.25) is 0 Å². The van der Waals surface area contributed by atoms with Crippen LogP contribution in [0.15, 0.2) is 30.5 Å². The third-order valence-corrected chi connectivity index (χ3v) is 3.45. The van der Waals surface area contributed by atoms with Crippen molar-refractivity contribution in [1.82, 2.24) is 15.6 Å². The zero-order valence-corrected chi connectivity index (χ0v) is 13.3. The van der Waals surface area contributed by atoms with Crippen LogP contribution in [0.3, 0.4) is 0 Å². The van der Waals surface area contributed by atoms with Gasteiger partial charge in [-0.05, 0) is 11.6 Å². The number of ether oxygens (including phenoxy) is 1. The summed E-state index contributed by atoms with van der Waals surface area (Å²) in [5.74, 6) is -1.81. The summed E-state index contributed by atoms with van der Waals surface area (Å²) < 4.78 is 4.51. The van der Waals surface area contributed by atoms with Gasteiger partial charge in [0.2, 0.25) is 5.91 Å². The fourth-order valence-corrected chi connectivity index (χ4v) is 2.34. The van der Waals surface area contributed by atoms with Gasteiger partial charge in [0.15, 0.2) is 6.61 Å². The fraction of sp³-hybridized carbons (Fsp3) is 0.312. The van der Waals surface area contributed by atoms with E-state index in [1.165, 1.54) is 0 Å².